The van der Waals surface area contributed by atoms with E-state index in [4.69, 9.17) is 23.2 Å². The first-order chi connectivity index (χ1) is 13.5. The predicted octanol–water partition coefficient (Wildman–Crippen LogP) is 4.16. The van der Waals surface area contributed by atoms with Gasteiger partial charge in [-0.15, -0.1) is 0 Å². The Morgan fingerprint density at radius 3 is 2.03 bits per heavy atom. The molecule has 1 aliphatic heterocycles. The number of rotatable bonds is 3. The zero-order valence-electron chi connectivity index (χ0n) is 14.8. The molecule has 0 N–H and O–H groups in total. The Morgan fingerprint density at radius 2 is 1.48 bits per heavy atom. The molecule has 1 saturated heterocycles. The smallest absolute Gasteiger partial charge is 0.336 e. The van der Waals surface area contributed by atoms with Crippen molar-refractivity contribution in [1.29, 1.82) is 0 Å². The Morgan fingerprint density at radius 1 is 0.931 bits per heavy atom. The van der Waals surface area contributed by atoms with Crippen molar-refractivity contribution in [3.8, 4) is 0 Å². The molecular formula is C18H15Cl2F3N2O3S. The van der Waals surface area contributed by atoms with Crippen molar-refractivity contribution in [2.24, 2.45) is 0 Å². The highest BCUT2D eigenvalue weighted by atomic mass is 35.5. The summed E-state index contributed by atoms with van der Waals surface area (Å²) in [7, 11) is -3.98. The highest BCUT2D eigenvalue weighted by Gasteiger charge is 2.34. The third-order valence-electron chi connectivity index (χ3n) is 4.48. The fraction of sp³-hybridized carbons (Fsp3) is 0.278. The van der Waals surface area contributed by atoms with Gasteiger partial charge in [0.25, 0.3) is 5.91 Å². The lowest BCUT2D eigenvalue weighted by molar-refractivity contribution is -0.137. The molecule has 0 aromatic heterocycles. The van der Waals surface area contributed by atoms with Crippen molar-refractivity contribution in [1.82, 2.24) is 9.21 Å². The standard InChI is InChI=1S/C18H15Cl2F3N2O3S/c19-14-5-2-6-15(20)16(14)29(27,28)25-9-7-24(8-10-25)17(26)12-3-1-4-13(11-12)18(21,22)23/h1-6,11H,7-10H2. The molecular weight excluding hydrogens is 452 g/mol. The first kappa shape index (κ1) is 21.9. The Labute approximate surface area is 175 Å². The molecule has 0 bridgehead atoms. The molecule has 3 rings (SSSR count). The van der Waals surface area contributed by atoms with Gasteiger partial charge in [0.1, 0.15) is 4.90 Å². The van der Waals surface area contributed by atoms with E-state index >= 15 is 0 Å². The highest BCUT2D eigenvalue weighted by Crippen LogP contribution is 2.32. The Bertz CT molecular complexity index is 1020. The first-order valence-corrected chi connectivity index (χ1v) is 10.6. The Kier molecular flexibility index (Phi) is 6.14. The normalized spacial score (nSPS) is 16.1. The lowest BCUT2D eigenvalue weighted by Gasteiger charge is -2.34. The zero-order valence-corrected chi connectivity index (χ0v) is 17.1. The van der Waals surface area contributed by atoms with Crippen LogP contribution in [0.25, 0.3) is 0 Å². The average molecular weight is 467 g/mol. The van der Waals surface area contributed by atoms with Gasteiger partial charge in [0.2, 0.25) is 10.0 Å². The van der Waals surface area contributed by atoms with Crippen LogP contribution < -0.4 is 0 Å². The van der Waals surface area contributed by atoms with Crippen molar-refractivity contribution < 1.29 is 26.4 Å². The van der Waals surface area contributed by atoms with Crippen molar-refractivity contribution in [2.45, 2.75) is 11.1 Å². The lowest BCUT2D eigenvalue weighted by atomic mass is 10.1. The van der Waals surface area contributed by atoms with E-state index in [1.165, 1.54) is 29.2 Å². The maximum atomic E-state index is 12.9. The monoisotopic (exact) mass is 466 g/mol. The molecule has 2 aromatic rings. The fourth-order valence-electron chi connectivity index (χ4n) is 3.00. The zero-order chi connectivity index (χ0) is 21.4. The van der Waals surface area contributed by atoms with Gasteiger partial charge in [-0.2, -0.15) is 17.5 Å². The number of hydrogen-bond acceptors (Lipinski definition) is 3. The van der Waals surface area contributed by atoms with Gasteiger partial charge in [-0.3, -0.25) is 4.79 Å². The summed E-state index contributed by atoms with van der Waals surface area (Å²) in [5.74, 6) is -0.594. The molecule has 0 saturated carbocycles. The topological polar surface area (TPSA) is 57.7 Å². The van der Waals surface area contributed by atoms with E-state index in [9.17, 15) is 26.4 Å². The third-order valence-corrected chi connectivity index (χ3v) is 7.33. The molecule has 5 nitrogen and oxygen atoms in total. The van der Waals surface area contributed by atoms with Crippen LogP contribution in [0.1, 0.15) is 15.9 Å². The summed E-state index contributed by atoms with van der Waals surface area (Å²) in [6.07, 6.45) is -4.56. The van der Waals surface area contributed by atoms with Gasteiger partial charge in [0.15, 0.2) is 0 Å². The minimum Gasteiger partial charge on any atom is -0.336 e. The number of halogens is 5. The molecule has 0 spiro atoms. The minimum atomic E-state index is -4.56. The molecule has 0 radical (unpaired) electrons. The van der Waals surface area contributed by atoms with Crippen LogP contribution in [-0.4, -0.2) is 49.7 Å². The second kappa shape index (κ2) is 8.14. The Hall–Kier alpha value is -1.81. The van der Waals surface area contributed by atoms with Crippen molar-refractivity contribution in [3.63, 3.8) is 0 Å². The van der Waals surface area contributed by atoms with Crippen LogP contribution in [0.2, 0.25) is 10.0 Å². The molecule has 1 amide bonds. The van der Waals surface area contributed by atoms with Crippen LogP contribution in [0.3, 0.4) is 0 Å². The lowest BCUT2D eigenvalue weighted by Crippen LogP contribution is -2.50. The van der Waals surface area contributed by atoms with E-state index in [0.717, 1.165) is 22.5 Å². The van der Waals surface area contributed by atoms with E-state index in [-0.39, 0.29) is 46.7 Å². The van der Waals surface area contributed by atoms with Crippen molar-refractivity contribution in [3.05, 3.63) is 63.6 Å². The van der Waals surface area contributed by atoms with Crippen LogP contribution in [-0.2, 0) is 16.2 Å². The number of carbonyl (C=O) groups excluding carboxylic acids is 1. The predicted molar refractivity (Wildman–Crippen MR) is 103 cm³/mol. The van der Waals surface area contributed by atoms with E-state index in [2.05, 4.69) is 0 Å². The number of hydrogen-bond donors (Lipinski definition) is 0. The van der Waals surface area contributed by atoms with E-state index in [0.29, 0.717) is 0 Å². The maximum Gasteiger partial charge on any atom is 0.416 e. The van der Waals surface area contributed by atoms with Gasteiger partial charge < -0.3 is 4.90 Å². The van der Waals surface area contributed by atoms with Crippen molar-refractivity contribution in [2.75, 3.05) is 26.2 Å². The molecule has 2 aromatic carbocycles. The van der Waals surface area contributed by atoms with Crippen LogP contribution in [0, 0.1) is 0 Å². The number of nitrogens with zero attached hydrogens (tertiary/aromatic N) is 2. The molecule has 1 heterocycles. The van der Waals surface area contributed by atoms with Crippen molar-refractivity contribution >= 4 is 39.1 Å². The van der Waals surface area contributed by atoms with E-state index < -0.39 is 27.7 Å². The quantitative estimate of drug-likeness (QED) is 0.682. The summed E-state index contributed by atoms with van der Waals surface area (Å²) in [6.45, 7) is -0.0179. The third kappa shape index (κ3) is 4.53. The summed E-state index contributed by atoms with van der Waals surface area (Å²) >= 11 is 12.0. The number of alkyl halides is 3. The summed E-state index contributed by atoms with van der Waals surface area (Å²) < 4.78 is 65.5. The summed E-state index contributed by atoms with van der Waals surface area (Å²) in [6, 6.07) is 8.47. The number of carbonyl (C=O) groups is 1. The molecule has 1 fully saturated rings. The second-order valence-corrected chi connectivity index (χ2v) is 9.01. The van der Waals surface area contributed by atoms with Gasteiger partial charge in [-0.1, -0.05) is 35.3 Å². The fourth-order valence-corrected chi connectivity index (χ4v) is 5.51. The van der Waals surface area contributed by atoms with Crippen LogP contribution >= 0.6 is 23.2 Å². The number of benzene rings is 2. The maximum absolute atomic E-state index is 12.9. The largest absolute Gasteiger partial charge is 0.416 e. The highest BCUT2D eigenvalue weighted by molar-refractivity contribution is 7.89. The van der Waals surface area contributed by atoms with Gasteiger partial charge in [0.05, 0.1) is 15.6 Å². The molecule has 1 aliphatic rings. The molecule has 0 unspecified atom stereocenters. The number of amides is 1. The molecule has 29 heavy (non-hydrogen) atoms. The molecule has 0 aliphatic carbocycles. The summed E-state index contributed by atoms with van der Waals surface area (Å²) in [4.78, 5) is 13.7. The van der Waals surface area contributed by atoms with Gasteiger partial charge in [-0.05, 0) is 30.3 Å². The number of piperazine rings is 1. The SMILES string of the molecule is O=C(c1cccc(C(F)(F)F)c1)N1CCN(S(=O)(=O)c2c(Cl)cccc2Cl)CC1. The summed E-state index contributed by atoms with van der Waals surface area (Å²) in [5, 5.41) is -0.0278. The Balaban J connectivity index is 1.75. The molecule has 11 heteroatoms. The van der Waals surface area contributed by atoms with E-state index in [1.807, 2.05) is 0 Å². The second-order valence-electron chi connectivity index (χ2n) is 6.33. The van der Waals surface area contributed by atoms with Gasteiger partial charge in [-0.25, -0.2) is 8.42 Å². The van der Waals surface area contributed by atoms with Crippen LogP contribution in [0.15, 0.2) is 47.4 Å². The molecule has 156 valence electrons. The first-order valence-electron chi connectivity index (χ1n) is 8.42. The summed E-state index contributed by atoms with van der Waals surface area (Å²) in [5.41, 5.74) is -1.02. The average Bonchev–Trinajstić information content (AvgIpc) is 2.66. The van der Waals surface area contributed by atoms with Gasteiger partial charge in [0, 0.05) is 31.7 Å². The number of sulfonamides is 1. The minimum absolute atomic E-state index is 0.0139. The van der Waals surface area contributed by atoms with Crippen LogP contribution in [0.5, 0.6) is 0 Å². The molecule has 0 atom stereocenters. The van der Waals surface area contributed by atoms with Crippen LogP contribution in [0.4, 0.5) is 13.2 Å². The van der Waals surface area contributed by atoms with E-state index in [1.54, 1.807) is 0 Å². The van der Waals surface area contributed by atoms with Gasteiger partial charge >= 0.3 is 6.18 Å².